The Morgan fingerprint density at radius 2 is 1.79 bits per heavy atom. The molecule has 1 aromatic heterocycles. The Morgan fingerprint density at radius 1 is 1.17 bits per heavy atom. The first kappa shape index (κ1) is 18.4. The summed E-state index contributed by atoms with van der Waals surface area (Å²) in [5, 5.41) is 8.05. The zero-order valence-electron chi connectivity index (χ0n) is 15.5. The third-order valence-corrected chi connectivity index (χ3v) is 4.25. The molecule has 0 saturated heterocycles. The predicted octanol–water partition coefficient (Wildman–Crippen LogP) is 2.33. The molecule has 6 heteroatoms. The van der Waals surface area contributed by atoms with Crippen molar-refractivity contribution in [1.82, 2.24) is 20.0 Å². The molecule has 0 aliphatic rings. The fraction of sp³-hybridized carbons (Fsp3) is 0.500. The minimum absolute atomic E-state index is 0.186. The number of aromatic nitrogens is 2. The van der Waals surface area contributed by atoms with Gasteiger partial charge in [-0.2, -0.15) is 5.10 Å². The monoisotopic (exact) mass is 333 g/mol. The molecule has 24 heavy (non-hydrogen) atoms. The van der Waals surface area contributed by atoms with E-state index in [0.717, 1.165) is 30.2 Å². The Morgan fingerprint density at radius 3 is 2.33 bits per heavy atom. The third kappa shape index (κ3) is 4.13. The number of likely N-dealkylation sites (N-methyl/N-ethyl adjacent to an activating group) is 1. The first-order valence-corrected chi connectivity index (χ1v) is 8.13. The van der Waals surface area contributed by atoms with Crippen molar-refractivity contribution >= 4 is 5.82 Å². The van der Waals surface area contributed by atoms with Crippen LogP contribution in [0.2, 0.25) is 0 Å². The lowest BCUT2D eigenvalue weighted by molar-refractivity contribution is 0.288. The number of anilines is 1. The van der Waals surface area contributed by atoms with Crippen LogP contribution in [-0.2, 0) is 13.6 Å². The molecule has 1 heterocycles. The number of hydrogen-bond donors (Lipinski definition) is 1. The van der Waals surface area contributed by atoms with Crippen molar-refractivity contribution < 1.29 is 4.39 Å². The maximum absolute atomic E-state index is 13.1. The van der Waals surface area contributed by atoms with Gasteiger partial charge < -0.3 is 15.1 Å². The summed E-state index contributed by atoms with van der Waals surface area (Å²) in [7, 11) is 10.1. The molecule has 2 aromatic rings. The molecule has 132 valence electrons. The highest BCUT2D eigenvalue weighted by Crippen LogP contribution is 2.22. The van der Waals surface area contributed by atoms with Crippen molar-refractivity contribution in [1.29, 1.82) is 0 Å². The average Bonchev–Trinajstić information content (AvgIpc) is 2.78. The highest BCUT2D eigenvalue weighted by atomic mass is 19.1. The number of aryl methyl sites for hydroxylation is 2. The number of nitrogens with zero attached hydrogens (tertiary/aromatic N) is 4. The molecule has 1 atom stereocenters. The Hall–Kier alpha value is -1.92. The highest BCUT2D eigenvalue weighted by molar-refractivity contribution is 5.48. The summed E-state index contributed by atoms with van der Waals surface area (Å²) in [6, 6.07) is 6.91. The number of halogens is 1. The number of nitrogens with one attached hydrogen (secondary N) is 1. The summed E-state index contributed by atoms with van der Waals surface area (Å²) in [6.07, 6.45) is 0. The van der Waals surface area contributed by atoms with E-state index in [2.05, 4.69) is 20.2 Å². The lowest BCUT2D eigenvalue weighted by Crippen LogP contribution is -2.31. The van der Waals surface area contributed by atoms with E-state index < -0.39 is 0 Å². The molecule has 0 spiro atoms. The molecular weight excluding hydrogens is 305 g/mol. The summed E-state index contributed by atoms with van der Waals surface area (Å²) >= 11 is 0. The molecule has 0 aliphatic carbocycles. The number of rotatable bonds is 7. The van der Waals surface area contributed by atoms with Crippen molar-refractivity contribution in [2.45, 2.75) is 19.5 Å². The molecule has 0 saturated carbocycles. The standard InChI is InChI=1S/C18H28FN5/c1-13-16(18(23(4)5)24(6)21-13)11-20-12-17(22(2)3)14-7-9-15(19)10-8-14/h7-10,17,20H,11-12H2,1-6H3/t17-/m1/s1. The molecule has 0 bridgehead atoms. The summed E-state index contributed by atoms with van der Waals surface area (Å²) < 4.78 is 15.1. The molecule has 5 nitrogen and oxygen atoms in total. The average molecular weight is 333 g/mol. The zero-order valence-corrected chi connectivity index (χ0v) is 15.5. The molecular formula is C18H28FN5. The topological polar surface area (TPSA) is 36.3 Å². The van der Waals surface area contributed by atoms with Crippen LogP contribution in [0.5, 0.6) is 0 Å². The Labute approximate surface area is 144 Å². The fourth-order valence-electron chi connectivity index (χ4n) is 3.07. The summed E-state index contributed by atoms with van der Waals surface area (Å²) in [5.41, 5.74) is 3.35. The van der Waals surface area contributed by atoms with Gasteiger partial charge in [0.25, 0.3) is 0 Å². The van der Waals surface area contributed by atoms with E-state index in [1.807, 2.05) is 59.0 Å². The smallest absolute Gasteiger partial charge is 0.130 e. The van der Waals surface area contributed by atoms with Crippen LogP contribution in [0, 0.1) is 12.7 Å². The number of hydrogen-bond acceptors (Lipinski definition) is 4. The first-order chi connectivity index (χ1) is 11.3. The molecule has 0 radical (unpaired) electrons. The minimum atomic E-state index is -0.203. The summed E-state index contributed by atoms with van der Waals surface area (Å²) in [6.45, 7) is 3.56. The molecule has 0 unspecified atom stereocenters. The third-order valence-electron chi connectivity index (χ3n) is 4.25. The molecule has 0 aliphatic heterocycles. The van der Waals surface area contributed by atoms with Gasteiger partial charge in [-0.15, -0.1) is 0 Å². The normalized spacial score (nSPS) is 12.7. The van der Waals surface area contributed by atoms with E-state index in [4.69, 9.17) is 0 Å². The van der Waals surface area contributed by atoms with Gasteiger partial charge in [-0.3, -0.25) is 4.68 Å². The van der Waals surface area contributed by atoms with Crippen LogP contribution in [0.3, 0.4) is 0 Å². The van der Waals surface area contributed by atoms with Crippen LogP contribution in [0.1, 0.15) is 22.9 Å². The van der Waals surface area contributed by atoms with E-state index in [1.54, 1.807) is 0 Å². The van der Waals surface area contributed by atoms with E-state index in [0.29, 0.717) is 0 Å². The fourth-order valence-corrected chi connectivity index (χ4v) is 3.07. The minimum Gasteiger partial charge on any atom is -0.363 e. The van der Waals surface area contributed by atoms with Gasteiger partial charge in [0.05, 0.1) is 5.69 Å². The van der Waals surface area contributed by atoms with E-state index in [9.17, 15) is 4.39 Å². The van der Waals surface area contributed by atoms with E-state index in [-0.39, 0.29) is 11.9 Å². The second-order valence-electron chi connectivity index (χ2n) is 6.57. The van der Waals surface area contributed by atoms with Gasteiger partial charge in [0.1, 0.15) is 11.6 Å². The van der Waals surface area contributed by atoms with Crippen molar-refractivity contribution in [3.63, 3.8) is 0 Å². The van der Waals surface area contributed by atoms with Crippen LogP contribution in [0.4, 0.5) is 10.2 Å². The molecule has 1 aromatic carbocycles. The van der Waals surface area contributed by atoms with Crippen LogP contribution in [0.25, 0.3) is 0 Å². The van der Waals surface area contributed by atoms with Gasteiger partial charge in [-0.25, -0.2) is 4.39 Å². The van der Waals surface area contributed by atoms with Crippen LogP contribution >= 0.6 is 0 Å². The largest absolute Gasteiger partial charge is 0.363 e. The quantitative estimate of drug-likeness (QED) is 0.844. The Bertz CT molecular complexity index is 661. The number of benzene rings is 1. The maximum Gasteiger partial charge on any atom is 0.130 e. The van der Waals surface area contributed by atoms with E-state index in [1.165, 1.54) is 17.7 Å². The second-order valence-corrected chi connectivity index (χ2v) is 6.57. The van der Waals surface area contributed by atoms with Gasteiger partial charge in [0, 0.05) is 45.8 Å². The van der Waals surface area contributed by atoms with Crippen molar-refractivity contribution in [3.8, 4) is 0 Å². The summed E-state index contributed by atoms with van der Waals surface area (Å²) in [5.74, 6) is 0.911. The van der Waals surface area contributed by atoms with Gasteiger partial charge >= 0.3 is 0 Å². The first-order valence-electron chi connectivity index (χ1n) is 8.13. The zero-order chi connectivity index (χ0) is 17.9. The molecule has 0 amide bonds. The van der Waals surface area contributed by atoms with Crippen LogP contribution in [-0.4, -0.2) is 49.4 Å². The molecule has 2 rings (SSSR count). The van der Waals surface area contributed by atoms with E-state index >= 15 is 0 Å². The van der Waals surface area contributed by atoms with Crippen molar-refractivity contribution in [2.24, 2.45) is 7.05 Å². The molecule has 1 N–H and O–H groups in total. The molecule has 0 fully saturated rings. The van der Waals surface area contributed by atoms with Gasteiger partial charge in [-0.1, -0.05) is 12.1 Å². The highest BCUT2D eigenvalue weighted by Gasteiger charge is 2.17. The van der Waals surface area contributed by atoms with Gasteiger partial charge in [0.15, 0.2) is 0 Å². The SMILES string of the molecule is Cc1nn(C)c(N(C)C)c1CNC[C@H](c1ccc(F)cc1)N(C)C. The predicted molar refractivity (Wildman–Crippen MR) is 96.8 cm³/mol. The second kappa shape index (κ2) is 7.77. The van der Waals surface area contributed by atoms with Crippen LogP contribution < -0.4 is 10.2 Å². The lowest BCUT2D eigenvalue weighted by Gasteiger charge is -2.25. The van der Waals surface area contributed by atoms with Crippen molar-refractivity contribution in [2.75, 3.05) is 39.6 Å². The Balaban J connectivity index is 2.08. The van der Waals surface area contributed by atoms with Crippen molar-refractivity contribution in [3.05, 3.63) is 46.9 Å². The Kier molecular flexibility index (Phi) is 5.96. The van der Waals surface area contributed by atoms with Gasteiger partial charge in [-0.05, 0) is 38.7 Å². The summed E-state index contributed by atoms with van der Waals surface area (Å²) in [4.78, 5) is 4.23. The lowest BCUT2D eigenvalue weighted by atomic mass is 10.1. The van der Waals surface area contributed by atoms with Gasteiger partial charge in [0.2, 0.25) is 0 Å². The van der Waals surface area contributed by atoms with Crippen LogP contribution in [0.15, 0.2) is 24.3 Å². The maximum atomic E-state index is 13.1.